The molecule has 3 heteroatoms. The molecular weight excluding hydrogens is 260 g/mol. The van der Waals surface area contributed by atoms with Crippen molar-refractivity contribution >= 4 is 5.91 Å². The quantitative estimate of drug-likeness (QED) is 0.885. The summed E-state index contributed by atoms with van der Waals surface area (Å²) in [5.74, 6) is 0.882. The van der Waals surface area contributed by atoms with Crippen LogP contribution in [0.4, 0.5) is 0 Å². The van der Waals surface area contributed by atoms with Crippen molar-refractivity contribution in [2.24, 2.45) is 5.92 Å². The Hall–Kier alpha value is -1.82. The van der Waals surface area contributed by atoms with Crippen molar-refractivity contribution in [2.75, 3.05) is 0 Å². The SMILES string of the molecule is CC(NC(=O)CCC1CCCCC1)c1ccc(C#N)cc1. The maximum absolute atomic E-state index is 12.0. The van der Waals surface area contributed by atoms with Crippen molar-refractivity contribution in [3.63, 3.8) is 0 Å². The van der Waals surface area contributed by atoms with Crippen LogP contribution in [0.2, 0.25) is 0 Å². The summed E-state index contributed by atoms with van der Waals surface area (Å²) in [5.41, 5.74) is 1.69. The fourth-order valence-corrected chi connectivity index (χ4v) is 3.05. The molecule has 1 saturated carbocycles. The summed E-state index contributed by atoms with van der Waals surface area (Å²) in [6.07, 6.45) is 8.24. The lowest BCUT2D eigenvalue weighted by atomic mass is 9.86. The number of hydrogen-bond acceptors (Lipinski definition) is 2. The highest BCUT2D eigenvalue weighted by molar-refractivity contribution is 5.76. The van der Waals surface area contributed by atoms with E-state index in [2.05, 4.69) is 11.4 Å². The molecule has 1 aliphatic rings. The Bertz CT molecular complexity index is 495. The zero-order chi connectivity index (χ0) is 15.1. The van der Waals surface area contributed by atoms with E-state index in [-0.39, 0.29) is 11.9 Å². The molecule has 0 saturated heterocycles. The molecule has 1 N–H and O–H groups in total. The van der Waals surface area contributed by atoms with Gasteiger partial charge in [0.25, 0.3) is 0 Å². The Morgan fingerprint density at radius 3 is 2.57 bits per heavy atom. The third-order valence-electron chi connectivity index (χ3n) is 4.42. The maximum atomic E-state index is 12.0. The normalized spacial score (nSPS) is 17.0. The van der Waals surface area contributed by atoms with Gasteiger partial charge in [-0.2, -0.15) is 5.26 Å². The standard InChI is InChI=1S/C18H24N2O/c1-14(17-10-7-16(13-19)8-11-17)20-18(21)12-9-15-5-3-2-4-6-15/h7-8,10-11,14-15H,2-6,9,12H2,1H3,(H,20,21). The number of nitriles is 1. The molecule has 2 rings (SSSR count). The van der Waals surface area contributed by atoms with Gasteiger partial charge in [0, 0.05) is 6.42 Å². The van der Waals surface area contributed by atoms with Gasteiger partial charge >= 0.3 is 0 Å². The molecule has 1 atom stereocenters. The van der Waals surface area contributed by atoms with Gasteiger partial charge in [0.05, 0.1) is 17.7 Å². The number of amides is 1. The van der Waals surface area contributed by atoms with E-state index in [1.807, 2.05) is 19.1 Å². The molecule has 0 aromatic heterocycles. The minimum atomic E-state index is -0.00315. The van der Waals surface area contributed by atoms with E-state index in [4.69, 9.17) is 5.26 Å². The first-order chi connectivity index (χ1) is 10.2. The Balaban J connectivity index is 1.76. The van der Waals surface area contributed by atoms with Gasteiger partial charge in [0.15, 0.2) is 0 Å². The number of carbonyl (C=O) groups is 1. The smallest absolute Gasteiger partial charge is 0.220 e. The molecule has 1 amide bonds. The Labute approximate surface area is 127 Å². The van der Waals surface area contributed by atoms with Crippen molar-refractivity contribution in [3.8, 4) is 6.07 Å². The van der Waals surface area contributed by atoms with Crippen LogP contribution < -0.4 is 5.32 Å². The van der Waals surface area contributed by atoms with Crippen LogP contribution in [-0.4, -0.2) is 5.91 Å². The lowest BCUT2D eigenvalue weighted by molar-refractivity contribution is -0.122. The fraction of sp³-hybridized carbons (Fsp3) is 0.556. The van der Waals surface area contributed by atoms with E-state index in [1.54, 1.807) is 12.1 Å². The highest BCUT2D eigenvalue weighted by Crippen LogP contribution is 2.27. The topological polar surface area (TPSA) is 52.9 Å². The zero-order valence-electron chi connectivity index (χ0n) is 12.8. The summed E-state index contributed by atoms with van der Waals surface area (Å²) >= 11 is 0. The van der Waals surface area contributed by atoms with Gasteiger partial charge < -0.3 is 5.32 Å². The van der Waals surface area contributed by atoms with Crippen LogP contribution in [0.25, 0.3) is 0 Å². The molecule has 0 spiro atoms. The highest BCUT2D eigenvalue weighted by atomic mass is 16.1. The monoisotopic (exact) mass is 284 g/mol. The van der Waals surface area contributed by atoms with Crippen LogP contribution in [0.3, 0.4) is 0 Å². The average Bonchev–Trinajstić information content (AvgIpc) is 2.54. The summed E-state index contributed by atoms with van der Waals surface area (Å²) in [5, 5.41) is 11.8. The van der Waals surface area contributed by atoms with Crippen LogP contribution in [-0.2, 0) is 4.79 Å². The maximum Gasteiger partial charge on any atom is 0.220 e. The average molecular weight is 284 g/mol. The molecule has 3 nitrogen and oxygen atoms in total. The lowest BCUT2D eigenvalue weighted by Gasteiger charge is -2.21. The minimum absolute atomic E-state index is 0.00315. The number of nitrogens with zero attached hydrogens (tertiary/aromatic N) is 1. The summed E-state index contributed by atoms with van der Waals surface area (Å²) < 4.78 is 0. The third kappa shape index (κ3) is 4.90. The Morgan fingerprint density at radius 1 is 1.29 bits per heavy atom. The Morgan fingerprint density at radius 2 is 1.95 bits per heavy atom. The minimum Gasteiger partial charge on any atom is -0.350 e. The van der Waals surface area contributed by atoms with E-state index in [1.165, 1.54) is 32.1 Å². The second kappa shape index (κ2) is 7.83. The predicted octanol–water partition coefficient (Wildman–Crippen LogP) is 4.10. The van der Waals surface area contributed by atoms with Crippen LogP contribution in [0.1, 0.15) is 69.0 Å². The number of carbonyl (C=O) groups excluding carboxylic acids is 1. The molecule has 0 bridgehead atoms. The van der Waals surface area contributed by atoms with Crippen LogP contribution in [0.15, 0.2) is 24.3 Å². The number of hydrogen-bond donors (Lipinski definition) is 1. The predicted molar refractivity (Wildman–Crippen MR) is 83.5 cm³/mol. The lowest BCUT2D eigenvalue weighted by Crippen LogP contribution is -2.27. The molecular formula is C18H24N2O. The summed E-state index contributed by atoms with van der Waals surface area (Å²) in [7, 11) is 0. The highest BCUT2D eigenvalue weighted by Gasteiger charge is 2.16. The molecule has 112 valence electrons. The van der Waals surface area contributed by atoms with Crippen molar-refractivity contribution in [1.29, 1.82) is 5.26 Å². The van der Waals surface area contributed by atoms with Gasteiger partial charge in [0.2, 0.25) is 5.91 Å². The van der Waals surface area contributed by atoms with E-state index < -0.39 is 0 Å². The molecule has 1 aromatic rings. The van der Waals surface area contributed by atoms with Crippen LogP contribution in [0.5, 0.6) is 0 Å². The molecule has 0 heterocycles. The van der Waals surface area contributed by atoms with Gasteiger partial charge in [-0.1, -0.05) is 44.2 Å². The molecule has 0 aliphatic heterocycles. The fourth-order valence-electron chi connectivity index (χ4n) is 3.05. The first kappa shape index (κ1) is 15.6. The first-order valence-corrected chi connectivity index (χ1v) is 7.98. The van der Waals surface area contributed by atoms with Gasteiger partial charge in [-0.15, -0.1) is 0 Å². The van der Waals surface area contributed by atoms with Crippen LogP contribution in [0, 0.1) is 17.2 Å². The van der Waals surface area contributed by atoms with Gasteiger partial charge in [-0.3, -0.25) is 4.79 Å². The second-order valence-corrected chi connectivity index (χ2v) is 6.07. The van der Waals surface area contributed by atoms with E-state index in [0.717, 1.165) is 17.9 Å². The van der Waals surface area contributed by atoms with E-state index in [9.17, 15) is 4.79 Å². The summed E-state index contributed by atoms with van der Waals surface area (Å²) in [4.78, 5) is 12.0. The molecule has 1 fully saturated rings. The number of rotatable bonds is 5. The van der Waals surface area contributed by atoms with E-state index in [0.29, 0.717) is 12.0 Å². The summed E-state index contributed by atoms with van der Waals surface area (Å²) in [6, 6.07) is 9.50. The van der Waals surface area contributed by atoms with Crippen molar-refractivity contribution in [3.05, 3.63) is 35.4 Å². The largest absolute Gasteiger partial charge is 0.350 e. The molecule has 21 heavy (non-hydrogen) atoms. The van der Waals surface area contributed by atoms with Gasteiger partial charge in [0.1, 0.15) is 0 Å². The molecule has 1 aliphatic carbocycles. The molecule has 1 aromatic carbocycles. The number of nitrogens with one attached hydrogen (secondary N) is 1. The van der Waals surface area contributed by atoms with Crippen molar-refractivity contribution in [1.82, 2.24) is 5.32 Å². The van der Waals surface area contributed by atoms with Crippen molar-refractivity contribution in [2.45, 2.75) is 57.9 Å². The Kier molecular flexibility index (Phi) is 5.80. The van der Waals surface area contributed by atoms with Gasteiger partial charge in [-0.25, -0.2) is 0 Å². The zero-order valence-corrected chi connectivity index (χ0v) is 12.8. The third-order valence-corrected chi connectivity index (χ3v) is 4.42. The number of benzene rings is 1. The molecule has 0 radical (unpaired) electrons. The second-order valence-electron chi connectivity index (χ2n) is 6.07. The first-order valence-electron chi connectivity index (χ1n) is 7.98. The van der Waals surface area contributed by atoms with Crippen LogP contribution >= 0.6 is 0 Å². The summed E-state index contributed by atoms with van der Waals surface area (Å²) in [6.45, 7) is 1.99. The van der Waals surface area contributed by atoms with Crippen molar-refractivity contribution < 1.29 is 4.79 Å². The van der Waals surface area contributed by atoms with Gasteiger partial charge in [-0.05, 0) is 37.0 Å². The van der Waals surface area contributed by atoms with E-state index >= 15 is 0 Å². The molecule has 1 unspecified atom stereocenters.